The van der Waals surface area contributed by atoms with Gasteiger partial charge in [0, 0.05) is 29.0 Å². The molecular formula is C16H18ClNO. The van der Waals surface area contributed by atoms with Crippen molar-refractivity contribution in [1.29, 1.82) is 0 Å². The monoisotopic (exact) mass is 275 g/mol. The fourth-order valence-corrected chi connectivity index (χ4v) is 2.51. The van der Waals surface area contributed by atoms with Gasteiger partial charge in [0.1, 0.15) is 0 Å². The van der Waals surface area contributed by atoms with Crippen molar-refractivity contribution in [1.82, 2.24) is 0 Å². The minimum Gasteiger partial charge on any atom is -0.392 e. The molecule has 0 amide bonds. The molecular weight excluding hydrogens is 258 g/mol. The molecule has 3 heteroatoms. The summed E-state index contributed by atoms with van der Waals surface area (Å²) < 4.78 is 0. The first-order valence-electron chi connectivity index (χ1n) is 6.23. The largest absolute Gasteiger partial charge is 0.392 e. The Morgan fingerprint density at radius 3 is 2.37 bits per heavy atom. The number of anilines is 2. The van der Waals surface area contributed by atoms with Gasteiger partial charge in [0.2, 0.25) is 0 Å². The Morgan fingerprint density at radius 1 is 1.05 bits per heavy atom. The van der Waals surface area contributed by atoms with E-state index in [1.807, 2.05) is 19.2 Å². The smallest absolute Gasteiger partial charge is 0.0702 e. The maximum atomic E-state index is 9.47. The molecule has 0 fully saturated rings. The summed E-state index contributed by atoms with van der Waals surface area (Å²) in [5.74, 6) is 0. The average molecular weight is 276 g/mol. The second kappa shape index (κ2) is 5.64. The highest BCUT2D eigenvalue weighted by Gasteiger charge is 2.11. The van der Waals surface area contributed by atoms with Gasteiger partial charge in [0.25, 0.3) is 0 Å². The van der Waals surface area contributed by atoms with E-state index in [-0.39, 0.29) is 6.61 Å². The van der Waals surface area contributed by atoms with Crippen LogP contribution >= 0.6 is 11.6 Å². The Hall–Kier alpha value is -1.51. The van der Waals surface area contributed by atoms with Gasteiger partial charge in [-0.1, -0.05) is 29.3 Å². The number of halogens is 1. The van der Waals surface area contributed by atoms with Gasteiger partial charge in [0.05, 0.1) is 6.61 Å². The Kier molecular flexibility index (Phi) is 4.13. The molecule has 0 atom stereocenters. The van der Waals surface area contributed by atoms with E-state index >= 15 is 0 Å². The number of aliphatic hydroxyl groups excluding tert-OH is 1. The van der Waals surface area contributed by atoms with Crippen LogP contribution in [-0.2, 0) is 6.61 Å². The zero-order chi connectivity index (χ0) is 14.0. The summed E-state index contributed by atoms with van der Waals surface area (Å²) in [7, 11) is 2.00. The molecule has 0 spiro atoms. The van der Waals surface area contributed by atoms with Crippen molar-refractivity contribution in [2.45, 2.75) is 20.5 Å². The van der Waals surface area contributed by atoms with Gasteiger partial charge < -0.3 is 10.0 Å². The number of benzene rings is 2. The first-order chi connectivity index (χ1) is 9.02. The lowest BCUT2D eigenvalue weighted by molar-refractivity contribution is 0.282. The minimum absolute atomic E-state index is 0.0227. The molecule has 2 aromatic rings. The highest BCUT2D eigenvalue weighted by Crippen LogP contribution is 2.31. The van der Waals surface area contributed by atoms with Crippen LogP contribution in [0.2, 0.25) is 5.02 Å². The highest BCUT2D eigenvalue weighted by molar-refractivity contribution is 6.30. The number of aliphatic hydroxyl groups is 1. The fourth-order valence-electron chi connectivity index (χ4n) is 2.32. The van der Waals surface area contributed by atoms with Gasteiger partial charge in [-0.2, -0.15) is 0 Å². The quantitative estimate of drug-likeness (QED) is 0.907. The van der Waals surface area contributed by atoms with Crippen LogP contribution in [0.15, 0.2) is 36.4 Å². The van der Waals surface area contributed by atoms with Crippen LogP contribution in [-0.4, -0.2) is 12.2 Å². The van der Waals surface area contributed by atoms with E-state index in [0.29, 0.717) is 5.02 Å². The van der Waals surface area contributed by atoms with Crippen LogP contribution in [0.5, 0.6) is 0 Å². The summed E-state index contributed by atoms with van der Waals surface area (Å²) in [4.78, 5) is 2.08. The Morgan fingerprint density at radius 2 is 1.74 bits per heavy atom. The predicted molar refractivity (Wildman–Crippen MR) is 81.4 cm³/mol. The molecule has 2 rings (SSSR count). The minimum atomic E-state index is -0.0227. The maximum absolute atomic E-state index is 9.47. The van der Waals surface area contributed by atoms with E-state index in [1.54, 1.807) is 6.07 Å². The van der Waals surface area contributed by atoms with Crippen molar-refractivity contribution in [2.75, 3.05) is 11.9 Å². The summed E-state index contributed by atoms with van der Waals surface area (Å²) >= 11 is 5.97. The Bertz CT molecular complexity index is 595. The topological polar surface area (TPSA) is 23.5 Å². The Labute approximate surface area is 119 Å². The average Bonchev–Trinajstić information content (AvgIpc) is 2.37. The zero-order valence-corrected chi connectivity index (χ0v) is 12.2. The molecule has 19 heavy (non-hydrogen) atoms. The molecule has 0 aliphatic heterocycles. The van der Waals surface area contributed by atoms with Crippen LogP contribution in [0.3, 0.4) is 0 Å². The van der Waals surface area contributed by atoms with Crippen molar-refractivity contribution in [2.24, 2.45) is 0 Å². The van der Waals surface area contributed by atoms with E-state index in [2.05, 4.69) is 36.9 Å². The molecule has 1 N–H and O–H groups in total. The lowest BCUT2D eigenvalue weighted by atomic mass is 10.1. The molecule has 0 unspecified atom stereocenters. The Balaban J connectivity index is 2.46. The second-order valence-electron chi connectivity index (χ2n) is 4.78. The van der Waals surface area contributed by atoms with E-state index in [9.17, 15) is 5.11 Å². The molecule has 100 valence electrons. The lowest BCUT2D eigenvalue weighted by Crippen LogP contribution is -2.13. The van der Waals surface area contributed by atoms with Gasteiger partial charge in [0.15, 0.2) is 0 Å². The van der Waals surface area contributed by atoms with Crippen molar-refractivity contribution >= 4 is 23.0 Å². The third-order valence-corrected chi connectivity index (χ3v) is 3.52. The third-order valence-electron chi connectivity index (χ3n) is 3.29. The van der Waals surface area contributed by atoms with E-state index in [0.717, 1.165) is 16.9 Å². The SMILES string of the molecule is Cc1ccc(N(C)c2ccc(Cl)cc2CO)c(C)c1. The molecule has 0 aliphatic rings. The maximum Gasteiger partial charge on any atom is 0.0702 e. The molecule has 0 saturated heterocycles. The van der Waals surface area contributed by atoms with Crippen molar-refractivity contribution in [3.8, 4) is 0 Å². The molecule has 0 aromatic heterocycles. The summed E-state index contributed by atoms with van der Waals surface area (Å²) in [5.41, 5.74) is 5.38. The summed E-state index contributed by atoms with van der Waals surface area (Å²) in [6.45, 7) is 4.15. The lowest BCUT2D eigenvalue weighted by Gasteiger charge is -2.24. The van der Waals surface area contributed by atoms with Crippen molar-refractivity contribution in [3.05, 3.63) is 58.1 Å². The van der Waals surface area contributed by atoms with Gasteiger partial charge in [-0.05, 0) is 43.7 Å². The van der Waals surface area contributed by atoms with Crippen LogP contribution < -0.4 is 4.90 Å². The molecule has 0 heterocycles. The van der Waals surface area contributed by atoms with E-state index in [4.69, 9.17) is 11.6 Å². The van der Waals surface area contributed by atoms with Crippen LogP contribution in [0, 0.1) is 13.8 Å². The molecule has 2 aromatic carbocycles. The first-order valence-corrected chi connectivity index (χ1v) is 6.61. The van der Waals surface area contributed by atoms with Crippen molar-refractivity contribution in [3.63, 3.8) is 0 Å². The van der Waals surface area contributed by atoms with E-state index in [1.165, 1.54) is 11.1 Å². The number of rotatable bonds is 3. The zero-order valence-electron chi connectivity index (χ0n) is 11.4. The van der Waals surface area contributed by atoms with Gasteiger partial charge in [-0.25, -0.2) is 0 Å². The normalized spacial score (nSPS) is 10.6. The first kappa shape index (κ1) is 13.9. The predicted octanol–water partition coefficient (Wildman–Crippen LogP) is 4.22. The molecule has 0 aliphatic carbocycles. The number of nitrogens with zero attached hydrogens (tertiary/aromatic N) is 1. The second-order valence-corrected chi connectivity index (χ2v) is 5.22. The third kappa shape index (κ3) is 2.91. The molecule has 0 saturated carbocycles. The number of hydrogen-bond donors (Lipinski definition) is 1. The van der Waals surface area contributed by atoms with Gasteiger partial charge in [-0.15, -0.1) is 0 Å². The fraction of sp³-hybridized carbons (Fsp3) is 0.250. The summed E-state index contributed by atoms with van der Waals surface area (Å²) in [6, 6.07) is 11.9. The van der Waals surface area contributed by atoms with E-state index < -0.39 is 0 Å². The number of aryl methyl sites for hydroxylation is 2. The molecule has 2 nitrogen and oxygen atoms in total. The standard InChI is InChI=1S/C16H18ClNO/c1-11-4-6-15(12(2)8-11)18(3)16-7-5-14(17)9-13(16)10-19/h4-9,19H,10H2,1-3H3. The van der Waals surface area contributed by atoms with Crippen molar-refractivity contribution < 1.29 is 5.11 Å². The van der Waals surface area contributed by atoms with Crippen LogP contribution in [0.4, 0.5) is 11.4 Å². The van der Waals surface area contributed by atoms with Crippen LogP contribution in [0.1, 0.15) is 16.7 Å². The molecule has 0 radical (unpaired) electrons. The summed E-state index contributed by atoms with van der Waals surface area (Å²) in [6.07, 6.45) is 0. The van der Waals surface area contributed by atoms with Gasteiger partial charge >= 0.3 is 0 Å². The highest BCUT2D eigenvalue weighted by atomic mass is 35.5. The summed E-state index contributed by atoms with van der Waals surface area (Å²) in [5, 5.41) is 10.1. The number of hydrogen-bond acceptors (Lipinski definition) is 2. The molecule has 0 bridgehead atoms. The van der Waals surface area contributed by atoms with Crippen LogP contribution in [0.25, 0.3) is 0 Å². The van der Waals surface area contributed by atoms with Gasteiger partial charge in [-0.3, -0.25) is 0 Å².